The van der Waals surface area contributed by atoms with E-state index >= 15 is 0 Å². The van der Waals surface area contributed by atoms with Gasteiger partial charge in [-0.2, -0.15) is 0 Å². The van der Waals surface area contributed by atoms with Gasteiger partial charge in [0, 0.05) is 14.9 Å². The Morgan fingerprint density at radius 3 is 2.74 bits per heavy atom. The molecule has 0 unspecified atom stereocenters. The van der Waals surface area contributed by atoms with Gasteiger partial charge in [-0.3, -0.25) is 9.59 Å². The first kappa shape index (κ1) is 17.8. The van der Waals surface area contributed by atoms with Crippen molar-refractivity contribution < 1.29 is 14.3 Å². The molecule has 1 aromatic heterocycles. The van der Waals surface area contributed by atoms with Crippen LogP contribution in [0.3, 0.4) is 0 Å². The molecule has 0 saturated heterocycles. The molecule has 0 fully saturated rings. The van der Waals surface area contributed by atoms with E-state index in [9.17, 15) is 9.59 Å². The molecule has 1 atom stereocenters. The Bertz CT molecular complexity index is 689. The number of carbonyl (C=O) groups is 2. The molecule has 1 heterocycles. The van der Waals surface area contributed by atoms with Gasteiger partial charge in [0.25, 0.3) is 5.91 Å². The average Bonchev–Trinajstić information content (AvgIpc) is 2.97. The van der Waals surface area contributed by atoms with E-state index in [1.165, 1.54) is 11.3 Å². The summed E-state index contributed by atoms with van der Waals surface area (Å²) in [5.74, 6) is -0.817. The molecule has 0 spiro atoms. The van der Waals surface area contributed by atoms with Gasteiger partial charge in [0.05, 0.1) is 12.5 Å². The van der Waals surface area contributed by atoms with E-state index in [4.69, 9.17) is 27.9 Å². The molecule has 7 heteroatoms. The quantitative estimate of drug-likeness (QED) is 0.780. The Kier molecular flexibility index (Phi) is 6.45. The van der Waals surface area contributed by atoms with Crippen LogP contribution in [-0.2, 0) is 20.7 Å². The second-order valence-corrected chi connectivity index (χ2v) is 6.75. The Morgan fingerprint density at radius 1 is 1.30 bits per heavy atom. The minimum Gasteiger partial charge on any atom is -0.455 e. The number of nitrogens with one attached hydrogen (secondary N) is 1. The molecule has 23 heavy (non-hydrogen) atoms. The number of amides is 1. The topological polar surface area (TPSA) is 55.4 Å². The van der Waals surface area contributed by atoms with Crippen LogP contribution in [0.4, 0.5) is 0 Å². The summed E-state index contributed by atoms with van der Waals surface area (Å²) in [6.45, 7) is 1.47. The van der Waals surface area contributed by atoms with Gasteiger partial charge in [-0.05, 0) is 36.1 Å². The molecule has 4 nitrogen and oxygen atoms in total. The van der Waals surface area contributed by atoms with Gasteiger partial charge in [-0.25, -0.2) is 0 Å². The van der Waals surface area contributed by atoms with Crippen LogP contribution >= 0.6 is 34.5 Å². The first-order valence-corrected chi connectivity index (χ1v) is 8.51. The fourth-order valence-electron chi connectivity index (χ4n) is 1.97. The van der Waals surface area contributed by atoms with Crippen molar-refractivity contribution in [1.29, 1.82) is 0 Å². The van der Waals surface area contributed by atoms with E-state index in [2.05, 4.69) is 5.32 Å². The highest BCUT2D eigenvalue weighted by molar-refractivity contribution is 7.10. The van der Waals surface area contributed by atoms with Crippen molar-refractivity contribution in [2.75, 3.05) is 6.61 Å². The predicted molar refractivity (Wildman–Crippen MR) is 92.0 cm³/mol. The average molecular weight is 372 g/mol. The van der Waals surface area contributed by atoms with E-state index in [0.29, 0.717) is 10.0 Å². The third-order valence-electron chi connectivity index (χ3n) is 3.07. The van der Waals surface area contributed by atoms with Gasteiger partial charge in [-0.15, -0.1) is 11.3 Å². The highest BCUT2D eigenvalue weighted by atomic mass is 35.5. The molecule has 2 rings (SSSR count). The van der Waals surface area contributed by atoms with Gasteiger partial charge in [0.1, 0.15) is 0 Å². The number of benzene rings is 1. The smallest absolute Gasteiger partial charge is 0.311 e. The standard InChI is InChI=1S/C16H15Cl2NO3S/c1-10(13-5-4-11(17)7-14(13)18)19-15(20)9-22-16(21)8-12-3-2-6-23-12/h2-7,10H,8-9H2,1H3,(H,19,20)/t10-/m1/s1. The van der Waals surface area contributed by atoms with E-state index in [-0.39, 0.29) is 25.0 Å². The van der Waals surface area contributed by atoms with Crippen molar-refractivity contribution in [1.82, 2.24) is 5.32 Å². The summed E-state index contributed by atoms with van der Waals surface area (Å²) in [4.78, 5) is 24.4. The molecule has 1 aromatic carbocycles. The lowest BCUT2D eigenvalue weighted by Crippen LogP contribution is -2.31. The van der Waals surface area contributed by atoms with E-state index < -0.39 is 5.97 Å². The number of thiophene rings is 1. The summed E-state index contributed by atoms with van der Waals surface area (Å²) in [6, 6.07) is 8.45. The first-order valence-electron chi connectivity index (χ1n) is 6.88. The molecule has 2 aromatic rings. The van der Waals surface area contributed by atoms with Crippen LogP contribution in [0.1, 0.15) is 23.4 Å². The van der Waals surface area contributed by atoms with Gasteiger partial charge in [-0.1, -0.05) is 35.3 Å². The summed E-state index contributed by atoms with van der Waals surface area (Å²) >= 11 is 13.4. The maximum atomic E-state index is 11.9. The van der Waals surface area contributed by atoms with E-state index in [0.717, 1.165) is 10.4 Å². The number of rotatable bonds is 6. The number of carbonyl (C=O) groups excluding carboxylic acids is 2. The molecule has 0 aliphatic heterocycles. The summed E-state index contributed by atoms with van der Waals surface area (Å²) in [7, 11) is 0. The van der Waals surface area contributed by atoms with Crippen LogP contribution in [0.15, 0.2) is 35.7 Å². The van der Waals surface area contributed by atoms with Gasteiger partial charge in [0.15, 0.2) is 6.61 Å². The minimum absolute atomic E-state index is 0.170. The van der Waals surface area contributed by atoms with Crippen molar-refractivity contribution in [2.45, 2.75) is 19.4 Å². The lowest BCUT2D eigenvalue weighted by atomic mass is 10.1. The second-order valence-electron chi connectivity index (χ2n) is 4.87. The second kappa shape index (κ2) is 8.34. The number of halogens is 2. The first-order chi connectivity index (χ1) is 11.0. The lowest BCUT2D eigenvalue weighted by molar-refractivity contribution is -0.148. The Hall–Kier alpha value is -1.56. The fraction of sp³-hybridized carbons (Fsp3) is 0.250. The van der Waals surface area contributed by atoms with Crippen LogP contribution in [0, 0.1) is 0 Å². The molecule has 0 aliphatic carbocycles. The molecule has 1 N–H and O–H groups in total. The third kappa shape index (κ3) is 5.53. The normalized spacial score (nSPS) is 11.8. The zero-order valence-corrected chi connectivity index (χ0v) is 14.7. The van der Waals surface area contributed by atoms with Crippen molar-refractivity contribution in [2.24, 2.45) is 0 Å². The summed E-state index contributed by atoms with van der Waals surface area (Å²) in [5, 5.41) is 5.61. The maximum Gasteiger partial charge on any atom is 0.311 e. The minimum atomic E-state index is -0.431. The van der Waals surface area contributed by atoms with Crippen LogP contribution in [0.5, 0.6) is 0 Å². The Labute approximate surface area is 148 Å². The number of ether oxygens (including phenoxy) is 1. The number of hydrogen-bond donors (Lipinski definition) is 1. The van der Waals surface area contributed by atoms with Crippen LogP contribution in [0.25, 0.3) is 0 Å². The Morgan fingerprint density at radius 2 is 2.09 bits per heavy atom. The van der Waals surface area contributed by atoms with Crippen LogP contribution in [-0.4, -0.2) is 18.5 Å². The van der Waals surface area contributed by atoms with Crippen LogP contribution in [0.2, 0.25) is 10.0 Å². The fourth-order valence-corrected chi connectivity index (χ4v) is 3.23. The van der Waals surface area contributed by atoms with Crippen molar-refractivity contribution in [3.63, 3.8) is 0 Å². The van der Waals surface area contributed by atoms with Crippen LogP contribution < -0.4 is 5.32 Å². The zero-order chi connectivity index (χ0) is 16.8. The van der Waals surface area contributed by atoms with E-state index in [1.807, 2.05) is 17.5 Å². The van der Waals surface area contributed by atoms with Gasteiger partial charge < -0.3 is 10.1 Å². The van der Waals surface area contributed by atoms with Gasteiger partial charge in [0.2, 0.25) is 0 Å². The largest absolute Gasteiger partial charge is 0.455 e. The molecular formula is C16H15Cl2NO3S. The SMILES string of the molecule is C[C@@H](NC(=O)COC(=O)Cc1cccs1)c1ccc(Cl)cc1Cl. The van der Waals surface area contributed by atoms with Gasteiger partial charge >= 0.3 is 5.97 Å². The summed E-state index contributed by atoms with van der Waals surface area (Å²) in [6.07, 6.45) is 0.170. The molecule has 0 saturated carbocycles. The highest BCUT2D eigenvalue weighted by Crippen LogP contribution is 2.25. The third-order valence-corrected chi connectivity index (χ3v) is 4.51. The molecule has 0 bridgehead atoms. The van der Waals surface area contributed by atoms with Crippen molar-refractivity contribution in [3.8, 4) is 0 Å². The number of hydrogen-bond acceptors (Lipinski definition) is 4. The summed E-state index contributed by atoms with van der Waals surface area (Å²) in [5.41, 5.74) is 0.745. The van der Waals surface area contributed by atoms with E-state index in [1.54, 1.807) is 25.1 Å². The monoisotopic (exact) mass is 371 g/mol. The molecule has 122 valence electrons. The molecule has 0 radical (unpaired) electrons. The lowest BCUT2D eigenvalue weighted by Gasteiger charge is -2.16. The maximum absolute atomic E-state index is 11.9. The highest BCUT2D eigenvalue weighted by Gasteiger charge is 2.14. The van der Waals surface area contributed by atoms with Crippen molar-refractivity contribution in [3.05, 3.63) is 56.2 Å². The molecule has 1 amide bonds. The summed E-state index contributed by atoms with van der Waals surface area (Å²) < 4.78 is 4.96. The predicted octanol–water partition coefficient (Wildman–Crippen LogP) is 4.02. The Balaban J connectivity index is 1.81. The molecule has 0 aliphatic rings. The molecular weight excluding hydrogens is 357 g/mol. The zero-order valence-electron chi connectivity index (χ0n) is 12.3. The van der Waals surface area contributed by atoms with Crippen molar-refractivity contribution >= 4 is 46.4 Å². The number of esters is 1.